The highest BCUT2D eigenvalue weighted by molar-refractivity contribution is 5.01. The molecule has 0 aliphatic carbocycles. The number of nitrogens with two attached hydrogens (primary N) is 1. The van der Waals surface area contributed by atoms with Crippen LogP contribution >= 0.6 is 0 Å². The highest BCUT2D eigenvalue weighted by atomic mass is 14.5. The third-order valence-corrected chi connectivity index (χ3v) is 1.92. The fraction of sp³-hybridized carbons (Fsp3) is 0.778. The summed E-state index contributed by atoms with van der Waals surface area (Å²) in [6.45, 7) is 9.45. The van der Waals surface area contributed by atoms with Crippen molar-refractivity contribution in [1.29, 1.82) is 0 Å². The van der Waals surface area contributed by atoms with E-state index < -0.39 is 0 Å². The van der Waals surface area contributed by atoms with Crippen LogP contribution in [0.4, 0.5) is 0 Å². The lowest BCUT2D eigenvalue weighted by molar-refractivity contribution is 0.501. The van der Waals surface area contributed by atoms with Crippen LogP contribution in [0.15, 0.2) is 11.6 Å². The zero-order valence-corrected chi connectivity index (χ0v) is 7.52. The van der Waals surface area contributed by atoms with E-state index in [1.807, 2.05) is 0 Å². The molecular weight excluding hydrogens is 122 g/mol. The average molecular weight is 141 g/mol. The lowest BCUT2D eigenvalue weighted by Gasteiger charge is -2.11. The van der Waals surface area contributed by atoms with Crippen molar-refractivity contribution in [1.82, 2.24) is 0 Å². The summed E-state index contributed by atoms with van der Waals surface area (Å²) in [6.07, 6.45) is 2.25. The van der Waals surface area contributed by atoms with Crippen LogP contribution in [0.2, 0.25) is 0 Å². The van der Waals surface area contributed by atoms with Gasteiger partial charge in [0.1, 0.15) is 0 Å². The largest absolute Gasteiger partial charge is 0.327 e. The van der Waals surface area contributed by atoms with Crippen LogP contribution in [0.3, 0.4) is 0 Å². The molecule has 0 rings (SSSR count). The Labute approximate surface area is 64.3 Å². The predicted molar refractivity (Wildman–Crippen MR) is 46.8 cm³/mol. The van der Waals surface area contributed by atoms with Crippen LogP contribution in [-0.2, 0) is 0 Å². The topological polar surface area (TPSA) is 26.0 Å². The first-order valence-corrected chi connectivity index (χ1v) is 3.95. The Morgan fingerprint density at radius 1 is 1.40 bits per heavy atom. The van der Waals surface area contributed by atoms with Crippen molar-refractivity contribution < 1.29 is 0 Å². The van der Waals surface area contributed by atoms with Gasteiger partial charge in [0.15, 0.2) is 0 Å². The number of hydrogen-bond donors (Lipinski definition) is 1. The third-order valence-electron chi connectivity index (χ3n) is 1.92. The molecule has 0 fully saturated rings. The van der Waals surface area contributed by atoms with E-state index in [-0.39, 0.29) is 0 Å². The highest BCUT2D eigenvalue weighted by Gasteiger charge is 2.02. The minimum atomic E-state index is 0.656. The number of hydrogen-bond acceptors (Lipinski definition) is 1. The molecule has 0 aromatic heterocycles. The Balaban J connectivity index is 3.86. The maximum absolute atomic E-state index is 5.45. The normalized spacial score (nSPS) is 16.0. The van der Waals surface area contributed by atoms with E-state index >= 15 is 0 Å². The van der Waals surface area contributed by atoms with Crippen molar-refractivity contribution >= 4 is 0 Å². The monoisotopic (exact) mass is 141 g/mol. The molecule has 1 atom stereocenters. The molecule has 1 unspecified atom stereocenters. The summed E-state index contributed by atoms with van der Waals surface area (Å²) in [5.41, 5.74) is 6.74. The standard InChI is InChI=1S/C9H19N/c1-7(2)9(4)5-8(3)6-10/h5,7,9H,6,10H2,1-4H3/b8-5-. The highest BCUT2D eigenvalue weighted by Crippen LogP contribution is 2.12. The molecule has 0 aromatic rings. The van der Waals surface area contributed by atoms with Gasteiger partial charge in [0, 0.05) is 6.54 Å². The van der Waals surface area contributed by atoms with Crippen LogP contribution < -0.4 is 5.73 Å². The first kappa shape index (κ1) is 9.70. The summed E-state index contributed by atoms with van der Waals surface area (Å²) in [5.74, 6) is 1.38. The van der Waals surface area contributed by atoms with Gasteiger partial charge in [-0.05, 0) is 18.8 Å². The summed E-state index contributed by atoms with van der Waals surface area (Å²) in [4.78, 5) is 0. The van der Waals surface area contributed by atoms with Crippen molar-refractivity contribution in [3.63, 3.8) is 0 Å². The number of allylic oxidation sites excluding steroid dienone is 1. The zero-order valence-electron chi connectivity index (χ0n) is 7.52. The fourth-order valence-corrected chi connectivity index (χ4v) is 0.709. The summed E-state index contributed by atoms with van der Waals surface area (Å²) in [6, 6.07) is 0. The summed E-state index contributed by atoms with van der Waals surface area (Å²) in [5, 5.41) is 0. The molecule has 0 aromatic carbocycles. The quantitative estimate of drug-likeness (QED) is 0.599. The predicted octanol–water partition coefficient (Wildman–Crippen LogP) is 2.18. The lowest BCUT2D eigenvalue weighted by atomic mass is 9.96. The molecule has 60 valence electrons. The van der Waals surface area contributed by atoms with Crippen LogP contribution in [0.5, 0.6) is 0 Å². The van der Waals surface area contributed by atoms with Gasteiger partial charge in [0.2, 0.25) is 0 Å². The van der Waals surface area contributed by atoms with E-state index in [4.69, 9.17) is 5.73 Å². The van der Waals surface area contributed by atoms with Crippen LogP contribution in [0.1, 0.15) is 27.7 Å². The Morgan fingerprint density at radius 2 is 1.90 bits per heavy atom. The molecule has 1 heteroatoms. The molecule has 0 saturated heterocycles. The molecule has 1 nitrogen and oxygen atoms in total. The van der Waals surface area contributed by atoms with Gasteiger partial charge in [0.05, 0.1) is 0 Å². The Hall–Kier alpha value is -0.300. The molecule has 0 bridgehead atoms. The van der Waals surface area contributed by atoms with Crippen molar-refractivity contribution in [3.8, 4) is 0 Å². The second-order valence-electron chi connectivity index (χ2n) is 3.32. The summed E-state index contributed by atoms with van der Waals surface area (Å²) < 4.78 is 0. The van der Waals surface area contributed by atoms with E-state index in [1.165, 1.54) is 5.57 Å². The molecule has 0 spiro atoms. The van der Waals surface area contributed by atoms with Crippen molar-refractivity contribution in [2.45, 2.75) is 27.7 Å². The van der Waals surface area contributed by atoms with E-state index in [9.17, 15) is 0 Å². The van der Waals surface area contributed by atoms with Gasteiger partial charge in [-0.3, -0.25) is 0 Å². The molecule has 0 aliphatic rings. The Morgan fingerprint density at radius 3 is 2.20 bits per heavy atom. The van der Waals surface area contributed by atoms with Crippen LogP contribution in [0, 0.1) is 11.8 Å². The van der Waals surface area contributed by atoms with Crippen molar-refractivity contribution in [3.05, 3.63) is 11.6 Å². The lowest BCUT2D eigenvalue weighted by Crippen LogP contribution is -2.05. The van der Waals surface area contributed by atoms with Crippen molar-refractivity contribution in [2.24, 2.45) is 17.6 Å². The van der Waals surface area contributed by atoms with Crippen LogP contribution in [-0.4, -0.2) is 6.54 Å². The Kier molecular flexibility index (Phi) is 4.37. The van der Waals surface area contributed by atoms with Gasteiger partial charge in [-0.1, -0.05) is 32.4 Å². The van der Waals surface area contributed by atoms with Crippen LogP contribution in [0.25, 0.3) is 0 Å². The molecule has 10 heavy (non-hydrogen) atoms. The van der Waals surface area contributed by atoms with Crippen molar-refractivity contribution in [2.75, 3.05) is 6.54 Å². The molecule has 0 saturated carbocycles. The minimum absolute atomic E-state index is 0.656. The zero-order chi connectivity index (χ0) is 8.15. The third kappa shape index (κ3) is 3.67. The SMILES string of the molecule is C/C(=C/C(C)C(C)C)CN. The molecule has 0 heterocycles. The van der Waals surface area contributed by atoms with E-state index in [1.54, 1.807) is 0 Å². The summed E-state index contributed by atoms with van der Waals surface area (Å²) >= 11 is 0. The first-order valence-electron chi connectivity index (χ1n) is 3.95. The molecule has 2 N–H and O–H groups in total. The smallest absolute Gasteiger partial charge is 0.0134 e. The van der Waals surface area contributed by atoms with Gasteiger partial charge in [-0.25, -0.2) is 0 Å². The average Bonchev–Trinajstić information content (AvgIpc) is 1.87. The van der Waals surface area contributed by atoms with E-state index in [0.717, 1.165) is 5.92 Å². The van der Waals surface area contributed by atoms with Gasteiger partial charge in [-0.15, -0.1) is 0 Å². The van der Waals surface area contributed by atoms with Gasteiger partial charge in [-0.2, -0.15) is 0 Å². The Bertz CT molecular complexity index is 114. The van der Waals surface area contributed by atoms with Gasteiger partial charge >= 0.3 is 0 Å². The molecular formula is C9H19N. The van der Waals surface area contributed by atoms with E-state index in [0.29, 0.717) is 12.5 Å². The number of rotatable bonds is 3. The molecule has 0 radical (unpaired) electrons. The second kappa shape index (κ2) is 4.51. The minimum Gasteiger partial charge on any atom is -0.327 e. The summed E-state index contributed by atoms with van der Waals surface area (Å²) in [7, 11) is 0. The maximum Gasteiger partial charge on any atom is 0.0134 e. The van der Waals surface area contributed by atoms with E-state index in [2.05, 4.69) is 33.8 Å². The molecule has 0 amide bonds. The maximum atomic E-state index is 5.45. The second-order valence-corrected chi connectivity index (χ2v) is 3.32. The van der Waals surface area contributed by atoms with Gasteiger partial charge < -0.3 is 5.73 Å². The fourth-order valence-electron chi connectivity index (χ4n) is 0.709. The van der Waals surface area contributed by atoms with Gasteiger partial charge in [0.25, 0.3) is 0 Å². The molecule has 0 aliphatic heterocycles. The first-order chi connectivity index (χ1) is 4.57.